The van der Waals surface area contributed by atoms with Crippen LogP contribution in [-0.2, 0) is 12.8 Å². The van der Waals surface area contributed by atoms with Crippen LogP contribution in [0.4, 0.5) is 0 Å². The smallest absolute Gasteiger partial charge is 0.165 e. The van der Waals surface area contributed by atoms with Crippen LogP contribution >= 0.6 is 0 Å². The molecule has 0 amide bonds. The third-order valence-electron chi connectivity index (χ3n) is 3.42. The summed E-state index contributed by atoms with van der Waals surface area (Å²) in [5, 5.41) is 29.5. The Labute approximate surface area is 112 Å². The summed E-state index contributed by atoms with van der Waals surface area (Å²) < 4.78 is 0. The van der Waals surface area contributed by atoms with E-state index in [0.29, 0.717) is 5.56 Å². The lowest BCUT2D eigenvalue weighted by atomic mass is 9.91. The highest BCUT2D eigenvalue weighted by Crippen LogP contribution is 2.40. The zero-order valence-corrected chi connectivity index (χ0v) is 11.1. The molecule has 0 fully saturated rings. The maximum absolute atomic E-state index is 9.99. The van der Waals surface area contributed by atoms with Crippen molar-refractivity contribution in [2.75, 3.05) is 0 Å². The topological polar surface area (TPSA) is 60.7 Å². The lowest BCUT2D eigenvalue weighted by Gasteiger charge is -2.15. The first-order valence-corrected chi connectivity index (χ1v) is 6.45. The van der Waals surface area contributed by atoms with Gasteiger partial charge in [-0.3, -0.25) is 0 Å². The van der Waals surface area contributed by atoms with Gasteiger partial charge < -0.3 is 15.3 Å². The molecule has 0 bridgehead atoms. The highest BCUT2D eigenvalue weighted by atomic mass is 16.3. The molecule has 0 atom stereocenters. The maximum Gasteiger partial charge on any atom is 0.165 e. The van der Waals surface area contributed by atoms with E-state index in [1.54, 1.807) is 24.3 Å². The van der Waals surface area contributed by atoms with Crippen LogP contribution in [-0.4, -0.2) is 15.3 Å². The van der Waals surface area contributed by atoms with Crippen LogP contribution in [0.15, 0.2) is 30.3 Å². The fourth-order valence-corrected chi connectivity index (χ4v) is 2.48. The van der Waals surface area contributed by atoms with Gasteiger partial charge in [0.15, 0.2) is 11.5 Å². The molecule has 0 radical (unpaired) electrons. The highest BCUT2D eigenvalue weighted by Gasteiger charge is 2.15. The predicted octanol–water partition coefficient (Wildman–Crippen LogP) is 3.60. The molecule has 0 saturated carbocycles. The average Bonchev–Trinajstić information content (AvgIpc) is 2.41. The maximum atomic E-state index is 9.99. The number of phenols is 3. The Morgan fingerprint density at radius 3 is 2.05 bits per heavy atom. The second-order valence-electron chi connectivity index (χ2n) is 4.47. The Hall–Kier alpha value is -2.16. The minimum absolute atomic E-state index is 0.120. The summed E-state index contributed by atoms with van der Waals surface area (Å²) in [5.74, 6) is 0.0263. The van der Waals surface area contributed by atoms with Crippen molar-refractivity contribution in [2.45, 2.75) is 26.7 Å². The summed E-state index contributed by atoms with van der Waals surface area (Å²) in [6.07, 6.45) is 1.48. The number of aromatic hydroxyl groups is 3. The van der Waals surface area contributed by atoms with Crippen molar-refractivity contribution in [2.24, 2.45) is 0 Å². The van der Waals surface area contributed by atoms with Gasteiger partial charge in [-0.25, -0.2) is 0 Å². The second kappa shape index (κ2) is 5.22. The van der Waals surface area contributed by atoms with Gasteiger partial charge in [0, 0.05) is 5.56 Å². The molecule has 0 aliphatic rings. The third kappa shape index (κ3) is 2.24. The Kier molecular flexibility index (Phi) is 3.65. The first kappa shape index (κ1) is 13.3. The van der Waals surface area contributed by atoms with Crippen LogP contribution in [0.1, 0.15) is 25.0 Å². The molecule has 2 aromatic carbocycles. The molecule has 2 aromatic rings. The van der Waals surface area contributed by atoms with Gasteiger partial charge in [0.1, 0.15) is 5.75 Å². The molecule has 0 aliphatic heterocycles. The highest BCUT2D eigenvalue weighted by molar-refractivity contribution is 5.77. The van der Waals surface area contributed by atoms with E-state index in [4.69, 9.17) is 0 Å². The van der Waals surface area contributed by atoms with Crippen molar-refractivity contribution in [3.63, 3.8) is 0 Å². The molecule has 19 heavy (non-hydrogen) atoms. The molecule has 0 spiro atoms. The Morgan fingerprint density at radius 1 is 0.737 bits per heavy atom. The van der Waals surface area contributed by atoms with Gasteiger partial charge in [0.2, 0.25) is 0 Å². The molecular weight excluding hydrogens is 240 g/mol. The standard InChI is InChI=1S/C16H18O3/c1-3-10-11(4-2)14(17)9-8-12(10)13-6-5-7-15(18)16(13)19/h5-9,17-19H,3-4H2,1-2H3. The van der Waals surface area contributed by atoms with Crippen LogP contribution < -0.4 is 0 Å². The van der Waals surface area contributed by atoms with Gasteiger partial charge in [0.05, 0.1) is 0 Å². The van der Waals surface area contributed by atoms with Gasteiger partial charge in [-0.15, -0.1) is 0 Å². The Morgan fingerprint density at radius 2 is 1.42 bits per heavy atom. The fourth-order valence-electron chi connectivity index (χ4n) is 2.48. The summed E-state index contributed by atoms with van der Waals surface area (Å²) in [6, 6.07) is 8.33. The third-order valence-corrected chi connectivity index (χ3v) is 3.42. The number of benzene rings is 2. The van der Waals surface area contributed by atoms with Crippen LogP contribution in [0, 0.1) is 0 Å². The Balaban J connectivity index is 2.72. The van der Waals surface area contributed by atoms with Crippen molar-refractivity contribution in [1.82, 2.24) is 0 Å². The van der Waals surface area contributed by atoms with E-state index in [9.17, 15) is 15.3 Å². The predicted molar refractivity (Wildman–Crippen MR) is 75.6 cm³/mol. The molecule has 0 aliphatic carbocycles. The van der Waals surface area contributed by atoms with Gasteiger partial charge in [-0.1, -0.05) is 32.0 Å². The lowest BCUT2D eigenvalue weighted by molar-refractivity contribution is 0.405. The molecule has 0 aromatic heterocycles. The zero-order valence-electron chi connectivity index (χ0n) is 11.1. The molecule has 0 saturated heterocycles. The van der Waals surface area contributed by atoms with E-state index < -0.39 is 0 Å². The molecule has 3 N–H and O–H groups in total. The first-order chi connectivity index (χ1) is 9.10. The number of phenolic OH excluding ortho intramolecular Hbond substituents is 3. The van der Waals surface area contributed by atoms with E-state index in [1.165, 1.54) is 6.07 Å². The van der Waals surface area contributed by atoms with E-state index in [2.05, 4.69) is 0 Å². The number of hydrogen-bond donors (Lipinski definition) is 3. The minimum atomic E-state index is -0.134. The summed E-state index contributed by atoms with van der Waals surface area (Å²) in [6.45, 7) is 4.00. The summed E-state index contributed by atoms with van der Waals surface area (Å²) >= 11 is 0. The van der Waals surface area contributed by atoms with Crippen LogP contribution in [0.2, 0.25) is 0 Å². The first-order valence-electron chi connectivity index (χ1n) is 6.45. The van der Waals surface area contributed by atoms with E-state index in [-0.39, 0.29) is 17.2 Å². The van der Waals surface area contributed by atoms with Gasteiger partial charge in [0.25, 0.3) is 0 Å². The van der Waals surface area contributed by atoms with Crippen molar-refractivity contribution in [3.05, 3.63) is 41.5 Å². The summed E-state index contributed by atoms with van der Waals surface area (Å²) in [5.41, 5.74) is 3.34. The lowest BCUT2D eigenvalue weighted by Crippen LogP contribution is -1.96. The average molecular weight is 258 g/mol. The summed E-state index contributed by atoms with van der Waals surface area (Å²) in [4.78, 5) is 0. The molecule has 0 heterocycles. The van der Waals surface area contributed by atoms with E-state index >= 15 is 0 Å². The monoisotopic (exact) mass is 258 g/mol. The van der Waals surface area contributed by atoms with Crippen molar-refractivity contribution < 1.29 is 15.3 Å². The van der Waals surface area contributed by atoms with Gasteiger partial charge in [-0.2, -0.15) is 0 Å². The van der Waals surface area contributed by atoms with Crippen molar-refractivity contribution in [1.29, 1.82) is 0 Å². The van der Waals surface area contributed by atoms with Gasteiger partial charge >= 0.3 is 0 Å². The second-order valence-corrected chi connectivity index (χ2v) is 4.47. The minimum Gasteiger partial charge on any atom is -0.508 e. The SMILES string of the molecule is CCc1c(O)ccc(-c2cccc(O)c2O)c1CC. The fraction of sp³-hybridized carbons (Fsp3) is 0.250. The normalized spacial score (nSPS) is 10.6. The number of hydrogen-bond acceptors (Lipinski definition) is 3. The van der Waals surface area contributed by atoms with Gasteiger partial charge in [-0.05, 0) is 41.7 Å². The van der Waals surface area contributed by atoms with Crippen molar-refractivity contribution in [3.8, 4) is 28.4 Å². The molecule has 2 rings (SSSR count). The molecule has 3 heteroatoms. The van der Waals surface area contributed by atoms with Crippen LogP contribution in [0.25, 0.3) is 11.1 Å². The van der Waals surface area contributed by atoms with Crippen molar-refractivity contribution >= 4 is 0 Å². The Bertz CT molecular complexity index is 603. The largest absolute Gasteiger partial charge is 0.508 e. The van der Waals surface area contributed by atoms with Crippen LogP contribution in [0.5, 0.6) is 17.2 Å². The summed E-state index contributed by atoms with van der Waals surface area (Å²) in [7, 11) is 0. The molecule has 3 nitrogen and oxygen atoms in total. The number of rotatable bonds is 3. The number of para-hydroxylation sites is 1. The van der Waals surface area contributed by atoms with E-state index in [0.717, 1.165) is 29.5 Å². The zero-order chi connectivity index (χ0) is 14.0. The van der Waals surface area contributed by atoms with E-state index in [1.807, 2.05) is 13.8 Å². The molecule has 0 unspecified atom stereocenters. The quantitative estimate of drug-likeness (QED) is 0.737. The van der Waals surface area contributed by atoms with Crippen LogP contribution in [0.3, 0.4) is 0 Å². The molecular formula is C16H18O3. The molecule has 100 valence electrons.